The Morgan fingerprint density at radius 1 is 1.31 bits per heavy atom. The summed E-state index contributed by atoms with van der Waals surface area (Å²) in [5.74, 6) is 0.524. The van der Waals surface area contributed by atoms with Crippen molar-refractivity contribution in [3.8, 4) is 11.4 Å². The van der Waals surface area contributed by atoms with Crippen molar-refractivity contribution in [1.29, 1.82) is 0 Å². The molecule has 0 spiro atoms. The lowest BCUT2D eigenvalue weighted by Crippen LogP contribution is -2.33. The highest BCUT2D eigenvalue weighted by atomic mass is 35.5. The maximum atomic E-state index is 12.7. The molecule has 2 aromatic heterocycles. The molecule has 1 saturated heterocycles. The summed E-state index contributed by atoms with van der Waals surface area (Å²) in [5, 5.41) is 12.7. The number of benzene rings is 2. The number of rotatable bonds is 7. The van der Waals surface area contributed by atoms with Crippen LogP contribution in [0.4, 0.5) is 0 Å². The van der Waals surface area contributed by atoms with Crippen LogP contribution in [-0.4, -0.2) is 39.1 Å². The highest BCUT2D eigenvalue weighted by Gasteiger charge is 2.26. The van der Waals surface area contributed by atoms with E-state index in [0.29, 0.717) is 24.0 Å². The molecule has 3 heterocycles. The zero-order valence-corrected chi connectivity index (χ0v) is 21.2. The number of hydrogen-bond donors (Lipinski definition) is 1. The van der Waals surface area contributed by atoms with Crippen LogP contribution in [0.15, 0.2) is 48.8 Å². The minimum atomic E-state index is -0.235. The molecule has 4 aromatic rings. The average molecular weight is 506 g/mol. The Balaban J connectivity index is 1.44. The van der Waals surface area contributed by atoms with E-state index in [0.717, 1.165) is 45.4 Å². The molecule has 36 heavy (non-hydrogen) atoms. The first kappa shape index (κ1) is 24.2. The number of nitrogens with zero attached hydrogens (tertiary/aromatic N) is 4. The molecule has 0 saturated carbocycles. The smallest absolute Gasteiger partial charge is 0.225 e. The summed E-state index contributed by atoms with van der Waals surface area (Å²) in [7, 11) is 0. The van der Waals surface area contributed by atoms with Crippen molar-refractivity contribution < 1.29 is 14.3 Å². The molecule has 1 fully saturated rings. The molecule has 1 aliphatic rings. The van der Waals surface area contributed by atoms with E-state index in [9.17, 15) is 4.79 Å². The highest BCUT2D eigenvalue weighted by Crippen LogP contribution is 2.32. The van der Waals surface area contributed by atoms with Gasteiger partial charge in [0.1, 0.15) is 17.9 Å². The van der Waals surface area contributed by atoms with Gasteiger partial charge < -0.3 is 14.8 Å². The third-order valence-electron chi connectivity index (χ3n) is 6.45. The maximum absolute atomic E-state index is 12.7. The van der Waals surface area contributed by atoms with E-state index >= 15 is 0 Å². The standard InChI is InChI=1S/C27H28ClN5O3/c1-16-11-21(18(3)31-27(34)19-7-10-35-14-19)22(23(28)12-16)15-36-25-6-4-5-20-24(33-9-8-29-32-33)13-17(2)30-26(20)25/h4-6,8-9,11-13,18-19H,7,10,14-15H2,1-3H3,(H,31,34)/t18-,19-/m0/s1. The summed E-state index contributed by atoms with van der Waals surface area (Å²) >= 11 is 6.70. The molecule has 186 valence electrons. The minimum absolute atomic E-state index is 0.00105. The summed E-state index contributed by atoms with van der Waals surface area (Å²) in [6, 6.07) is 11.5. The quantitative estimate of drug-likeness (QED) is 0.385. The second kappa shape index (κ2) is 10.2. The first-order valence-electron chi connectivity index (χ1n) is 12.0. The van der Waals surface area contributed by atoms with Crippen LogP contribution in [0, 0.1) is 19.8 Å². The summed E-state index contributed by atoms with van der Waals surface area (Å²) < 4.78 is 13.4. The Hall–Kier alpha value is -3.49. The van der Waals surface area contributed by atoms with Crippen LogP contribution < -0.4 is 10.1 Å². The first-order chi connectivity index (χ1) is 17.4. The number of halogens is 1. The fourth-order valence-electron chi connectivity index (χ4n) is 4.61. The van der Waals surface area contributed by atoms with E-state index < -0.39 is 0 Å². The van der Waals surface area contributed by atoms with Crippen molar-refractivity contribution in [3.05, 3.63) is 76.2 Å². The van der Waals surface area contributed by atoms with Crippen molar-refractivity contribution in [2.24, 2.45) is 5.92 Å². The van der Waals surface area contributed by atoms with Gasteiger partial charge in [-0.2, -0.15) is 0 Å². The molecular weight excluding hydrogens is 478 g/mol. The summed E-state index contributed by atoms with van der Waals surface area (Å²) in [6.45, 7) is 7.21. The predicted molar refractivity (Wildman–Crippen MR) is 137 cm³/mol. The van der Waals surface area contributed by atoms with Crippen molar-refractivity contribution >= 4 is 28.4 Å². The maximum Gasteiger partial charge on any atom is 0.225 e. The summed E-state index contributed by atoms with van der Waals surface area (Å²) in [5.41, 5.74) is 5.23. The monoisotopic (exact) mass is 505 g/mol. The van der Waals surface area contributed by atoms with E-state index in [1.54, 1.807) is 17.1 Å². The van der Waals surface area contributed by atoms with Gasteiger partial charge in [-0.3, -0.25) is 4.79 Å². The van der Waals surface area contributed by atoms with Gasteiger partial charge in [0.2, 0.25) is 5.91 Å². The van der Waals surface area contributed by atoms with Gasteiger partial charge in [-0.1, -0.05) is 35.0 Å². The zero-order chi connectivity index (χ0) is 25.2. The second-order valence-corrected chi connectivity index (χ2v) is 9.58. The van der Waals surface area contributed by atoms with E-state index in [-0.39, 0.29) is 24.5 Å². The molecule has 0 unspecified atom stereocenters. The van der Waals surface area contributed by atoms with Gasteiger partial charge >= 0.3 is 0 Å². The van der Waals surface area contributed by atoms with Crippen LogP contribution in [0.3, 0.4) is 0 Å². The van der Waals surface area contributed by atoms with Crippen molar-refractivity contribution in [2.45, 2.75) is 39.8 Å². The number of fused-ring (bicyclic) bond motifs is 1. The minimum Gasteiger partial charge on any atom is -0.487 e. The molecule has 0 bridgehead atoms. The van der Waals surface area contributed by atoms with Crippen LogP contribution in [0.2, 0.25) is 5.02 Å². The zero-order valence-electron chi connectivity index (χ0n) is 20.5. The van der Waals surface area contributed by atoms with Gasteiger partial charge in [-0.15, -0.1) is 5.10 Å². The SMILES string of the molecule is Cc1cc(Cl)c(COc2cccc3c(-n4ccnn4)cc(C)nc23)c([C@H](C)NC(=O)[C@H]2CCOC2)c1. The van der Waals surface area contributed by atoms with Crippen LogP contribution in [-0.2, 0) is 16.1 Å². The normalized spacial score (nSPS) is 16.3. The molecule has 2 atom stereocenters. The fraction of sp³-hybridized carbons (Fsp3) is 0.333. The Kier molecular flexibility index (Phi) is 6.89. The molecule has 1 amide bonds. The van der Waals surface area contributed by atoms with E-state index in [4.69, 9.17) is 26.1 Å². The largest absolute Gasteiger partial charge is 0.487 e. The molecule has 1 N–H and O–H groups in total. The number of ether oxygens (including phenoxy) is 2. The van der Waals surface area contributed by atoms with Crippen LogP contribution in [0.5, 0.6) is 5.75 Å². The Bertz CT molecular complexity index is 1400. The Morgan fingerprint density at radius 3 is 2.92 bits per heavy atom. The van der Waals surface area contributed by atoms with Gasteiger partial charge in [0, 0.05) is 28.3 Å². The van der Waals surface area contributed by atoms with Crippen molar-refractivity contribution in [3.63, 3.8) is 0 Å². The van der Waals surface area contributed by atoms with E-state index in [1.807, 2.05) is 51.1 Å². The third-order valence-corrected chi connectivity index (χ3v) is 6.79. The predicted octanol–water partition coefficient (Wildman–Crippen LogP) is 4.88. The lowest BCUT2D eigenvalue weighted by atomic mass is 9.98. The number of carbonyl (C=O) groups excluding carboxylic acids is 1. The van der Waals surface area contributed by atoms with E-state index in [1.165, 1.54) is 0 Å². The van der Waals surface area contributed by atoms with Gasteiger partial charge in [0.15, 0.2) is 0 Å². The number of nitrogens with one attached hydrogen (secondary N) is 1. The molecule has 2 aromatic carbocycles. The lowest BCUT2D eigenvalue weighted by Gasteiger charge is -2.22. The lowest BCUT2D eigenvalue weighted by molar-refractivity contribution is -0.125. The average Bonchev–Trinajstić information content (AvgIpc) is 3.57. The van der Waals surface area contributed by atoms with Gasteiger partial charge in [-0.25, -0.2) is 9.67 Å². The van der Waals surface area contributed by atoms with Crippen molar-refractivity contribution in [2.75, 3.05) is 13.2 Å². The summed E-state index contributed by atoms with van der Waals surface area (Å²) in [4.78, 5) is 17.5. The number of aryl methyl sites for hydroxylation is 2. The van der Waals surface area contributed by atoms with E-state index in [2.05, 4.69) is 21.7 Å². The number of para-hydroxylation sites is 1. The molecule has 1 aliphatic heterocycles. The molecular formula is C27H28ClN5O3. The molecule has 0 radical (unpaired) electrons. The summed E-state index contributed by atoms with van der Waals surface area (Å²) in [6.07, 6.45) is 4.18. The molecule has 0 aliphatic carbocycles. The third kappa shape index (κ3) is 4.92. The van der Waals surface area contributed by atoms with Crippen molar-refractivity contribution in [1.82, 2.24) is 25.3 Å². The molecule has 8 nitrogen and oxygen atoms in total. The number of amides is 1. The second-order valence-electron chi connectivity index (χ2n) is 9.18. The van der Waals surface area contributed by atoms with Gasteiger partial charge in [0.25, 0.3) is 0 Å². The van der Waals surface area contributed by atoms with Crippen LogP contribution in [0.1, 0.15) is 41.8 Å². The number of aromatic nitrogens is 4. The van der Waals surface area contributed by atoms with Crippen LogP contribution in [0.25, 0.3) is 16.6 Å². The van der Waals surface area contributed by atoms with Crippen LogP contribution >= 0.6 is 11.6 Å². The number of hydrogen-bond acceptors (Lipinski definition) is 6. The molecule has 9 heteroatoms. The highest BCUT2D eigenvalue weighted by molar-refractivity contribution is 6.31. The Labute approximate surface area is 214 Å². The van der Waals surface area contributed by atoms with Gasteiger partial charge in [-0.05, 0) is 56.5 Å². The first-order valence-corrected chi connectivity index (χ1v) is 12.4. The fourth-order valence-corrected chi connectivity index (χ4v) is 4.94. The Morgan fingerprint density at radius 2 is 2.17 bits per heavy atom. The topological polar surface area (TPSA) is 91.2 Å². The number of carbonyl (C=O) groups is 1. The molecule has 5 rings (SSSR count). The number of pyridine rings is 1. The van der Waals surface area contributed by atoms with Gasteiger partial charge in [0.05, 0.1) is 36.6 Å².